The molecule has 1 unspecified atom stereocenters. The van der Waals surface area contributed by atoms with Crippen LogP contribution in [-0.2, 0) is 9.53 Å². The number of carbonyl (C=O) groups is 1. The Labute approximate surface area is 90.8 Å². The third-order valence-electron chi connectivity index (χ3n) is 3.90. The summed E-state index contributed by atoms with van der Waals surface area (Å²) in [5.74, 6) is -0.323. The van der Waals surface area contributed by atoms with Gasteiger partial charge in [-0.05, 0) is 25.2 Å². The Balaban J connectivity index is 1.96. The number of carboxylic acid groups (broad SMARTS) is 1. The number of hydrogen-bond donors (Lipinski definition) is 1. The van der Waals surface area contributed by atoms with E-state index < -0.39 is 5.97 Å². The van der Waals surface area contributed by atoms with Crippen LogP contribution in [0.5, 0.6) is 0 Å². The van der Waals surface area contributed by atoms with Gasteiger partial charge in [-0.2, -0.15) is 0 Å². The molecule has 1 aliphatic carbocycles. The molecule has 2 rings (SSSR count). The van der Waals surface area contributed by atoms with Crippen LogP contribution >= 0.6 is 0 Å². The van der Waals surface area contributed by atoms with Crippen LogP contribution in [0.25, 0.3) is 0 Å². The Morgan fingerprint density at radius 2 is 2.07 bits per heavy atom. The highest BCUT2D eigenvalue weighted by atomic mass is 16.5. The SMILES string of the molecule is CC1(CC(C(=O)O)C2CCCC2)COC1. The smallest absolute Gasteiger partial charge is 0.306 e. The van der Waals surface area contributed by atoms with E-state index in [1.54, 1.807) is 0 Å². The van der Waals surface area contributed by atoms with Gasteiger partial charge in [-0.15, -0.1) is 0 Å². The summed E-state index contributed by atoms with van der Waals surface area (Å²) >= 11 is 0. The van der Waals surface area contributed by atoms with Crippen LogP contribution < -0.4 is 0 Å². The molecule has 3 nitrogen and oxygen atoms in total. The molecule has 1 N–H and O–H groups in total. The zero-order valence-electron chi connectivity index (χ0n) is 9.37. The second kappa shape index (κ2) is 4.12. The molecule has 0 aromatic rings. The predicted octanol–water partition coefficient (Wildman–Crippen LogP) is 2.30. The molecule has 15 heavy (non-hydrogen) atoms. The molecule has 1 saturated carbocycles. The van der Waals surface area contributed by atoms with Crippen molar-refractivity contribution >= 4 is 5.97 Å². The quantitative estimate of drug-likeness (QED) is 0.777. The van der Waals surface area contributed by atoms with E-state index in [-0.39, 0.29) is 11.3 Å². The largest absolute Gasteiger partial charge is 0.481 e. The van der Waals surface area contributed by atoms with E-state index in [2.05, 4.69) is 6.92 Å². The summed E-state index contributed by atoms with van der Waals surface area (Å²) in [5, 5.41) is 9.28. The summed E-state index contributed by atoms with van der Waals surface area (Å²) in [7, 11) is 0. The van der Waals surface area contributed by atoms with Gasteiger partial charge < -0.3 is 9.84 Å². The first-order valence-electron chi connectivity index (χ1n) is 5.91. The third kappa shape index (κ3) is 2.33. The second-order valence-corrected chi connectivity index (χ2v) is 5.50. The molecule has 0 bridgehead atoms. The van der Waals surface area contributed by atoms with Crippen LogP contribution in [0.2, 0.25) is 0 Å². The summed E-state index contributed by atoms with van der Waals surface area (Å²) in [6.07, 6.45) is 5.43. The van der Waals surface area contributed by atoms with Gasteiger partial charge in [-0.1, -0.05) is 19.8 Å². The van der Waals surface area contributed by atoms with Gasteiger partial charge >= 0.3 is 5.97 Å². The van der Waals surface area contributed by atoms with Gasteiger partial charge in [0.25, 0.3) is 0 Å². The van der Waals surface area contributed by atoms with Crippen LogP contribution in [0.3, 0.4) is 0 Å². The van der Waals surface area contributed by atoms with E-state index >= 15 is 0 Å². The summed E-state index contributed by atoms with van der Waals surface area (Å²) in [4.78, 5) is 11.3. The van der Waals surface area contributed by atoms with E-state index in [9.17, 15) is 9.90 Å². The van der Waals surface area contributed by atoms with Gasteiger partial charge in [-0.3, -0.25) is 4.79 Å². The molecule has 0 aromatic carbocycles. The molecular weight excluding hydrogens is 192 g/mol. The lowest BCUT2D eigenvalue weighted by Crippen LogP contribution is -2.43. The van der Waals surface area contributed by atoms with Gasteiger partial charge in [0.2, 0.25) is 0 Å². The molecule has 1 aliphatic heterocycles. The maximum atomic E-state index is 11.3. The molecule has 1 saturated heterocycles. The average molecular weight is 212 g/mol. The molecule has 86 valence electrons. The predicted molar refractivity (Wildman–Crippen MR) is 56.6 cm³/mol. The highest BCUT2D eigenvalue weighted by molar-refractivity contribution is 5.70. The van der Waals surface area contributed by atoms with Crippen molar-refractivity contribution in [3.8, 4) is 0 Å². The van der Waals surface area contributed by atoms with Crippen molar-refractivity contribution < 1.29 is 14.6 Å². The topological polar surface area (TPSA) is 46.5 Å². The zero-order chi connectivity index (χ0) is 10.9. The third-order valence-corrected chi connectivity index (χ3v) is 3.90. The van der Waals surface area contributed by atoms with Gasteiger partial charge in [0.05, 0.1) is 19.1 Å². The van der Waals surface area contributed by atoms with Gasteiger partial charge in [0.15, 0.2) is 0 Å². The first-order chi connectivity index (χ1) is 7.11. The van der Waals surface area contributed by atoms with E-state index in [1.165, 1.54) is 12.8 Å². The van der Waals surface area contributed by atoms with Crippen LogP contribution in [0.1, 0.15) is 39.0 Å². The van der Waals surface area contributed by atoms with E-state index in [4.69, 9.17) is 4.74 Å². The molecule has 2 fully saturated rings. The Hall–Kier alpha value is -0.570. The number of rotatable bonds is 4. The van der Waals surface area contributed by atoms with Crippen LogP contribution in [0.4, 0.5) is 0 Å². The zero-order valence-corrected chi connectivity index (χ0v) is 9.37. The summed E-state index contributed by atoms with van der Waals surface area (Å²) in [5.41, 5.74) is 0.131. The lowest BCUT2D eigenvalue weighted by Gasteiger charge is -2.40. The molecule has 1 atom stereocenters. The minimum atomic E-state index is -0.602. The van der Waals surface area contributed by atoms with Crippen molar-refractivity contribution in [3.63, 3.8) is 0 Å². The summed E-state index contributed by atoms with van der Waals surface area (Å²) in [6, 6.07) is 0. The lowest BCUT2D eigenvalue weighted by molar-refractivity contribution is -0.153. The average Bonchev–Trinajstić information content (AvgIpc) is 2.63. The Morgan fingerprint density at radius 1 is 1.47 bits per heavy atom. The molecule has 0 amide bonds. The minimum absolute atomic E-state index is 0.131. The van der Waals surface area contributed by atoms with E-state index in [0.717, 1.165) is 32.5 Å². The van der Waals surface area contributed by atoms with Crippen molar-refractivity contribution in [2.24, 2.45) is 17.3 Å². The highest BCUT2D eigenvalue weighted by Crippen LogP contribution is 2.41. The van der Waals surface area contributed by atoms with E-state index in [0.29, 0.717) is 5.92 Å². The van der Waals surface area contributed by atoms with Crippen LogP contribution in [0, 0.1) is 17.3 Å². The fourth-order valence-electron chi connectivity index (χ4n) is 2.91. The number of aliphatic carboxylic acids is 1. The number of carboxylic acids is 1. The monoisotopic (exact) mass is 212 g/mol. The van der Waals surface area contributed by atoms with Gasteiger partial charge in [0, 0.05) is 5.41 Å². The molecule has 0 aromatic heterocycles. The maximum Gasteiger partial charge on any atom is 0.306 e. The molecule has 1 heterocycles. The second-order valence-electron chi connectivity index (χ2n) is 5.50. The maximum absolute atomic E-state index is 11.3. The fourth-order valence-corrected chi connectivity index (χ4v) is 2.91. The first-order valence-corrected chi connectivity index (χ1v) is 5.91. The van der Waals surface area contributed by atoms with Crippen LogP contribution in [0.15, 0.2) is 0 Å². The molecule has 0 radical (unpaired) electrons. The van der Waals surface area contributed by atoms with Gasteiger partial charge in [0.1, 0.15) is 0 Å². The Morgan fingerprint density at radius 3 is 2.47 bits per heavy atom. The highest BCUT2D eigenvalue weighted by Gasteiger charge is 2.41. The molecule has 0 spiro atoms. The summed E-state index contributed by atoms with van der Waals surface area (Å²) < 4.78 is 5.19. The lowest BCUT2D eigenvalue weighted by atomic mass is 9.74. The van der Waals surface area contributed by atoms with Gasteiger partial charge in [-0.25, -0.2) is 0 Å². The molecular formula is C12H20O3. The van der Waals surface area contributed by atoms with Crippen molar-refractivity contribution in [2.75, 3.05) is 13.2 Å². The van der Waals surface area contributed by atoms with Crippen LogP contribution in [-0.4, -0.2) is 24.3 Å². The normalized spacial score (nSPS) is 27.3. The van der Waals surface area contributed by atoms with Crippen molar-refractivity contribution in [1.82, 2.24) is 0 Å². The summed E-state index contributed by atoms with van der Waals surface area (Å²) in [6.45, 7) is 3.62. The van der Waals surface area contributed by atoms with Crippen molar-refractivity contribution in [1.29, 1.82) is 0 Å². The Bertz CT molecular complexity index is 239. The molecule has 2 aliphatic rings. The first kappa shape index (κ1) is 10.9. The number of ether oxygens (including phenoxy) is 1. The standard InChI is InChI=1S/C12H20O3/c1-12(7-15-8-12)6-10(11(13)14)9-4-2-3-5-9/h9-10H,2-8H2,1H3,(H,13,14). The van der Waals surface area contributed by atoms with Crippen molar-refractivity contribution in [2.45, 2.75) is 39.0 Å². The number of hydrogen-bond acceptors (Lipinski definition) is 2. The van der Waals surface area contributed by atoms with E-state index in [1.807, 2.05) is 0 Å². The molecule has 3 heteroatoms. The van der Waals surface area contributed by atoms with Crippen molar-refractivity contribution in [3.05, 3.63) is 0 Å². The Kier molecular flexibility index (Phi) is 3.01. The minimum Gasteiger partial charge on any atom is -0.481 e. The fraction of sp³-hybridized carbons (Fsp3) is 0.917.